The number of rotatable bonds is 17. The molecule has 0 aromatic rings. The Balaban J connectivity index is 3.14. The summed E-state index contributed by atoms with van der Waals surface area (Å²) in [5.41, 5.74) is 0. The first-order valence-corrected chi connectivity index (χ1v) is 13.2. The molecule has 0 heterocycles. The zero-order valence-corrected chi connectivity index (χ0v) is 18.7. The Morgan fingerprint density at radius 1 is 0.545 bits per heavy atom. The van der Waals surface area contributed by atoms with Crippen molar-refractivity contribution in [2.24, 2.45) is 0 Å². The molecule has 0 aliphatic heterocycles. The third-order valence-electron chi connectivity index (χ3n) is 4.57. The van der Waals surface area contributed by atoms with Crippen molar-refractivity contribution in [2.75, 3.05) is 0 Å². The molecule has 0 bridgehead atoms. The smallest absolute Gasteiger partial charge is 0.161 e. The van der Waals surface area contributed by atoms with E-state index >= 15 is 0 Å². The summed E-state index contributed by atoms with van der Waals surface area (Å²) in [5, 5.41) is 0. The molecule has 4 heteroatoms. The van der Waals surface area contributed by atoms with Gasteiger partial charge < -0.3 is 8.85 Å². The first-order chi connectivity index (χ1) is 10.8. The zero-order valence-electron chi connectivity index (χ0n) is 15.9. The predicted octanol–water partition coefficient (Wildman–Crippen LogP) is 4.74. The second-order valence-electron chi connectivity index (χ2n) is 6.45. The molecule has 0 spiro atoms. The lowest BCUT2D eigenvalue weighted by atomic mass is 10.1. The third kappa shape index (κ3) is 14.0. The fourth-order valence-electron chi connectivity index (χ4n) is 2.81. The van der Waals surface area contributed by atoms with Crippen molar-refractivity contribution in [3.8, 4) is 0 Å². The molecule has 0 rings (SSSR count). The van der Waals surface area contributed by atoms with E-state index < -0.39 is 0 Å². The fraction of sp³-hybridized carbons (Fsp3) is 1.00. The van der Waals surface area contributed by atoms with Gasteiger partial charge in [0.25, 0.3) is 0 Å². The van der Waals surface area contributed by atoms with Crippen LogP contribution >= 0.6 is 0 Å². The molecule has 0 fully saturated rings. The molecule has 0 radical (unpaired) electrons. The first-order valence-electron chi connectivity index (χ1n) is 10.0. The zero-order chi connectivity index (χ0) is 16.5. The molecule has 0 amide bonds. The second-order valence-corrected chi connectivity index (χ2v) is 9.34. The Morgan fingerprint density at radius 2 is 0.864 bits per heavy atom. The van der Waals surface area contributed by atoms with Crippen LogP contribution in [0.15, 0.2) is 0 Å². The van der Waals surface area contributed by atoms with Crippen LogP contribution in [0.3, 0.4) is 0 Å². The van der Waals surface area contributed by atoms with Crippen molar-refractivity contribution in [1.29, 1.82) is 0 Å². The van der Waals surface area contributed by atoms with Crippen molar-refractivity contribution < 1.29 is 8.85 Å². The fourth-order valence-corrected chi connectivity index (χ4v) is 5.87. The molecular formula is C18H42O2Si2. The van der Waals surface area contributed by atoms with Crippen LogP contribution in [-0.2, 0) is 8.85 Å². The van der Waals surface area contributed by atoms with E-state index in [2.05, 4.69) is 27.7 Å². The maximum absolute atomic E-state index is 5.98. The summed E-state index contributed by atoms with van der Waals surface area (Å²) in [6.07, 6.45) is 14.3. The highest BCUT2D eigenvalue weighted by Crippen LogP contribution is 2.11. The van der Waals surface area contributed by atoms with Crippen LogP contribution in [0.4, 0.5) is 0 Å². The average Bonchev–Trinajstić information content (AvgIpc) is 2.55. The molecule has 0 saturated heterocycles. The molecule has 2 nitrogen and oxygen atoms in total. The van der Waals surface area contributed by atoms with Crippen LogP contribution in [0.25, 0.3) is 0 Å². The molecule has 0 aliphatic carbocycles. The van der Waals surface area contributed by atoms with Gasteiger partial charge in [-0.15, -0.1) is 0 Å². The van der Waals surface area contributed by atoms with Crippen molar-refractivity contribution >= 4 is 19.5 Å². The summed E-state index contributed by atoms with van der Waals surface area (Å²) < 4.78 is 12.0. The monoisotopic (exact) mass is 346 g/mol. The summed E-state index contributed by atoms with van der Waals surface area (Å²) in [4.78, 5) is 0. The molecule has 22 heavy (non-hydrogen) atoms. The maximum atomic E-state index is 5.98. The molecular weight excluding hydrogens is 304 g/mol. The minimum atomic E-state index is -0.233. The van der Waals surface area contributed by atoms with Crippen LogP contribution < -0.4 is 0 Å². The quantitative estimate of drug-likeness (QED) is 0.280. The highest BCUT2D eigenvalue weighted by atomic mass is 28.2. The van der Waals surface area contributed by atoms with Gasteiger partial charge in [-0.3, -0.25) is 0 Å². The van der Waals surface area contributed by atoms with Crippen LogP contribution in [0.2, 0.25) is 12.1 Å². The summed E-state index contributed by atoms with van der Waals surface area (Å²) in [6.45, 7) is 8.95. The second kappa shape index (κ2) is 17.7. The van der Waals surface area contributed by atoms with Gasteiger partial charge >= 0.3 is 0 Å². The van der Waals surface area contributed by atoms with Gasteiger partial charge in [0.05, 0.1) is 0 Å². The van der Waals surface area contributed by atoms with Crippen LogP contribution in [0.1, 0.15) is 91.9 Å². The minimum Gasteiger partial charge on any atom is -0.421 e. The van der Waals surface area contributed by atoms with E-state index in [9.17, 15) is 0 Å². The van der Waals surface area contributed by atoms with E-state index in [1.165, 1.54) is 76.3 Å². The summed E-state index contributed by atoms with van der Waals surface area (Å²) in [5.74, 6) is 0. The van der Waals surface area contributed by atoms with Crippen molar-refractivity contribution in [1.82, 2.24) is 0 Å². The van der Waals surface area contributed by atoms with Gasteiger partial charge in [-0.25, -0.2) is 0 Å². The largest absolute Gasteiger partial charge is 0.421 e. The SMILES string of the molecule is CCC(CC)O[SiH2]CCCCCCCC[SiH2]OC(CC)CC. The van der Waals surface area contributed by atoms with E-state index in [0.29, 0.717) is 12.2 Å². The van der Waals surface area contributed by atoms with Gasteiger partial charge in [0.1, 0.15) is 0 Å². The van der Waals surface area contributed by atoms with E-state index in [1.54, 1.807) is 0 Å². The van der Waals surface area contributed by atoms with Crippen LogP contribution in [0, 0.1) is 0 Å². The van der Waals surface area contributed by atoms with E-state index in [0.717, 1.165) is 0 Å². The van der Waals surface area contributed by atoms with E-state index in [1.807, 2.05) is 0 Å². The van der Waals surface area contributed by atoms with E-state index in [-0.39, 0.29) is 19.5 Å². The molecule has 0 aliphatic rings. The van der Waals surface area contributed by atoms with Crippen molar-refractivity contribution in [2.45, 2.75) is 116 Å². The Kier molecular flexibility index (Phi) is 18.0. The van der Waals surface area contributed by atoms with Gasteiger partial charge in [0.2, 0.25) is 0 Å². The number of hydrogen-bond acceptors (Lipinski definition) is 2. The van der Waals surface area contributed by atoms with Gasteiger partial charge in [-0.1, -0.05) is 66.2 Å². The molecule has 0 unspecified atom stereocenters. The molecule has 0 aromatic carbocycles. The van der Waals surface area contributed by atoms with Crippen molar-refractivity contribution in [3.63, 3.8) is 0 Å². The third-order valence-corrected chi connectivity index (χ3v) is 7.56. The average molecular weight is 347 g/mol. The van der Waals surface area contributed by atoms with Crippen LogP contribution in [-0.4, -0.2) is 31.7 Å². The summed E-state index contributed by atoms with van der Waals surface area (Å²) in [6, 6.07) is 2.76. The lowest BCUT2D eigenvalue weighted by molar-refractivity contribution is 0.201. The number of unbranched alkanes of at least 4 members (excludes halogenated alkanes) is 5. The normalized spacial score (nSPS) is 12.8. The maximum Gasteiger partial charge on any atom is 0.161 e. The number of hydrogen-bond donors (Lipinski definition) is 0. The standard InChI is InChI=1S/C18H42O2Si2/c1-5-17(6-2)19-21-15-13-11-9-10-12-14-16-22-20-18(7-3)8-4/h17-18H,5-16,21-22H2,1-4H3. The topological polar surface area (TPSA) is 18.5 Å². The highest BCUT2D eigenvalue weighted by molar-refractivity contribution is 6.27. The Bertz CT molecular complexity index is 185. The van der Waals surface area contributed by atoms with Crippen LogP contribution in [0.5, 0.6) is 0 Å². The van der Waals surface area contributed by atoms with Crippen molar-refractivity contribution in [3.05, 3.63) is 0 Å². The molecule has 0 atom stereocenters. The van der Waals surface area contributed by atoms with Gasteiger partial charge in [0, 0.05) is 12.2 Å². The Hall–Kier alpha value is 0.354. The first kappa shape index (κ1) is 22.4. The Labute approximate surface area is 145 Å². The Morgan fingerprint density at radius 3 is 1.18 bits per heavy atom. The summed E-state index contributed by atoms with van der Waals surface area (Å²) >= 11 is 0. The van der Waals surface area contributed by atoms with Gasteiger partial charge in [0.15, 0.2) is 19.5 Å². The predicted molar refractivity (Wildman–Crippen MR) is 105 cm³/mol. The van der Waals surface area contributed by atoms with Gasteiger partial charge in [-0.05, 0) is 37.8 Å². The van der Waals surface area contributed by atoms with E-state index in [4.69, 9.17) is 8.85 Å². The summed E-state index contributed by atoms with van der Waals surface area (Å²) in [7, 11) is -0.465. The lowest BCUT2D eigenvalue weighted by Crippen LogP contribution is -2.13. The lowest BCUT2D eigenvalue weighted by Gasteiger charge is -2.14. The molecule has 0 N–H and O–H groups in total. The van der Waals surface area contributed by atoms with Gasteiger partial charge in [-0.2, -0.15) is 0 Å². The molecule has 134 valence electrons. The molecule has 0 saturated carbocycles. The molecule has 0 aromatic heterocycles. The minimum absolute atomic E-state index is 0.233. The highest BCUT2D eigenvalue weighted by Gasteiger charge is 2.03.